The molecule has 0 bridgehead atoms. The number of H-pyrrole nitrogens is 1. The van der Waals surface area contributed by atoms with E-state index in [4.69, 9.17) is 5.11 Å². The maximum Gasteiger partial charge on any atom is 0.303 e. The number of hydrogen-bond acceptors (Lipinski definition) is 2. The summed E-state index contributed by atoms with van der Waals surface area (Å²) in [4.78, 5) is 13.5. The van der Waals surface area contributed by atoms with E-state index in [1.165, 1.54) is 0 Å². The standard InChI is InChI=1S/C13H15NO3/c15-10(5-6-13(16)17)7-9-8-14-12-4-2-1-3-11(9)12/h1-4,8,10,14-15H,5-7H2,(H,16,17)/t10-/m0/s1. The van der Waals surface area contributed by atoms with Gasteiger partial charge in [0.15, 0.2) is 0 Å². The van der Waals surface area contributed by atoms with E-state index in [2.05, 4.69) is 4.98 Å². The lowest BCUT2D eigenvalue weighted by molar-refractivity contribution is -0.137. The SMILES string of the molecule is O=C(O)CC[C@H](O)Cc1c[nH]c2ccccc12. The fourth-order valence-corrected chi connectivity index (χ4v) is 1.95. The molecule has 0 spiro atoms. The van der Waals surface area contributed by atoms with Crippen LogP contribution in [0.1, 0.15) is 18.4 Å². The van der Waals surface area contributed by atoms with Crippen LogP contribution >= 0.6 is 0 Å². The van der Waals surface area contributed by atoms with Gasteiger partial charge in [-0.05, 0) is 18.1 Å². The van der Waals surface area contributed by atoms with Gasteiger partial charge >= 0.3 is 5.97 Å². The number of nitrogens with one attached hydrogen (secondary N) is 1. The number of carbonyl (C=O) groups is 1. The van der Waals surface area contributed by atoms with Crippen molar-refractivity contribution in [2.75, 3.05) is 0 Å². The fourth-order valence-electron chi connectivity index (χ4n) is 1.95. The van der Waals surface area contributed by atoms with Crippen LogP contribution in [0.15, 0.2) is 30.5 Å². The Morgan fingerprint density at radius 3 is 2.88 bits per heavy atom. The molecular formula is C13H15NO3. The summed E-state index contributed by atoms with van der Waals surface area (Å²) in [7, 11) is 0. The van der Waals surface area contributed by atoms with E-state index in [1.54, 1.807) is 0 Å². The van der Waals surface area contributed by atoms with Gasteiger partial charge in [0, 0.05) is 29.9 Å². The van der Waals surface area contributed by atoms with Crippen molar-refractivity contribution in [3.8, 4) is 0 Å². The van der Waals surface area contributed by atoms with Crippen molar-refractivity contribution in [3.05, 3.63) is 36.0 Å². The fraction of sp³-hybridized carbons (Fsp3) is 0.308. The average Bonchev–Trinajstić information content (AvgIpc) is 2.70. The molecular weight excluding hydrogens is 218 g/mol. The maximum absolute atomic E-state index is 10.4. The molecule has 0 saturated heterocycles. The number of rotatable bonds is 5. The molecule has 0 amide bonds. The molecule has 0 radical (unpaired) electrons. The number of aromatic amines is 1. The van der Waals surface area contributed by atoms with E-state index in [0.29, 0.717) is 6.42 Å². The summed E-state index contributed by atoms with van der Waals surface area (Å²) in [5.74, 6) is -0.872. The van der Waals surface area contributed by atoms with Crippen molar-refractivity contribution >= 4 is 16.9 Å². The van der Waals surface area contributed by atoms with Gasteiger partial charge < -0.3 is 15.2 Å². The van der Waals surface area contributed by atoms with Crippen LogP contribution in [-0.2, 0) is 11.2 Å². The number of carboxylic acid groups (broad SMARTS) is 1. The maximum atomic E-state index is 10.4. The van der Waals surface area contributed by atoms with Crippen LogP contribution in [0.25, 0.3) is 10.9 Å². The molecule has 0 aliphatic carbocycles. The molecule has 4 heteroatoms. The second-order valence-electron chi connectivity index (χ2n) is 4.15. The summed E-state index contributed by atoms with van der Waals surface area (Å²) < 4.78 is 0. The number of fused-ring (bicyclic) bond motifs is 1. The third-order valence-corrected chi connectivity index (χ3v) is 2.82. The predicted octanol–water partition coefficient (Wildman–Crippen LogP) is 1.94. The van der Waals surface area contributed by atoms with Crippen LogP contribution in [0.4, 0.5) is 0 Å². The van der Waals surface area contributed by atoms with Crippen LogP contribution in [0.3, 0.4) is 0 Å². The first kappa shape index (κ1) is 11.7. The van der Waals surface area contributed by atoms with Gasteiger partial charge in [-0.3, -0.25) is 4.79 Å². The molecule has 0 aliphatic heterocycles. The number of aliphatic hydroxyl groups excluding tert-OH is 1. The van der Waals surface area contributed by atoms with Crippen LogP contribution < -0.4 is 0 Å². The molecule has 1 aromatic heterocycles. The average molecular weight is 233 g/mol. The molecule has 0 fully saturated rings. The monoisotopic (exact) mass is 233 g/mol. The van der Waals surface area contributed by atoms with Gasteiger partial charge in [0.1, 0.15) is 0 Å². The normalized spacial score (nSPS) is 12.8. The Morgan fingerprint density at radius 1 is 1.35 bits per heavy atom. The number of aliphatic carboxylic acids is 1. The van der Waals surface area contributed by atoms with E-state index in [1.807, 2.05) is 30.5 Å². The quantitative estimate of drug-likeness (QED) is 0.738. The van der Waals surface area contributed by atoms with Gasteiger partial charge in [-0.2, -0.15) is 0 Å². The lowest BCUT2D eigenvalue weighted by Crippen LogP contribution is -2.12. The first-order valence-corrected chi connectivity index (χ1v) is 5.61. The van der Waals surface area contributed by atoms with Gasteiger partial charge in [0.25, 0.3) is 0 Å². The predicted molar refractivity (Wildman–Crippen MR) is 64.9 cm³/mol. The zero-order valence-electron chi connectivity index (χ0n) is 9.39. The summed E-state index contributed by atoms with van der Waals surface area (Å²) in [5, 5.41) is 19.4. The molecule has 90 valence electrons. The first-order chi connectivity index (χ1) is 8.16. The number of aromatic nitrogens is 1. The van der Waals surface area contributed by atoms with Crippen molar-refractivity contribution in [3.63, 3.8) is 0 Å². The Balaban J connectivity index is 2.05. The number of aliphatic hydroxyl groups is 1. The summed E-state index contributed by atoms with van der Waals surface area (Å²) in [5.41, 5.74) is 2.06. The van der Waals surface area contributed by atoms with Gasteiger partial charge in [-0.1, -0.05) is 18.2 Å². The minimum Gasteiger partial charge on any atom is -0.481 e. The third kappa shape index (κ3) is 2.85. The largest absolute Gasteiger partial charge is 0.481 e. The Kier molecular flexibility index (Phi) is 3.44. The molecule has 3 N–H and O–H groups in total. The Hall–Kier alpha value is -1.81. The number of carboxylic acids is 1. The lowest BCUT2D eigenvalue weighted by Gasteiger charge is -2.07. The van der Waals surface area contributed by atoms with Crippen molar-refractivity contribution in [2.45, 2.75) is 25.4 Å². The molecule has 1 atom stereocenters. The highest BCUT2D eigenvalue weighted by atomic mass is 16.4. The number of benzene rings is 1. The highest BCUT2D eigenvalue weighted by Gasteiger charge is 2.11. The second-order valence-corrected chi connectivity index (χ2v) is 4.15. The Labute approximate surface area is 98.9 Å². The number of hydrogen-bond donors (Lipinski definition) is 3. The molecule has 1 heterocycles. The van der Waals surface area contributed by atoms with Crippen LogP contribution in [0, 0.1) is 0 Å². The zero-order chi connectivity index (χ0) is 12.3. The molecule has 4 nitrogen and oxygen atoms in total. The van der Waals surface area contributed by atoms with E-state index in [-0.39, 0.29) is 12.8 Å². The van der Waals surface area contributed by atoms with Crippen molar-refractivity contribution in [1.82, 2.24) is 4.98 Å². The van der Waals surface area contributed by atoms with Crippen LogP contribution in [-0.4, -0.2) is 27.3 Å². The van der Waals surface area contributed by atoms with E-state index < -0.39 is 12.1 Å². The summed E-state index contributed by atoms with van der Waals surface area (Å²) in [6.45, 7) is 0. The van der Waals surface area contributed by atoms with Gasteiger partial charge in [0.05, 0.1) is 6.10 Å². The lowest BCUT2D eigenvalue weighted by atomic mass is 10.0. The van der Waals surface area contributed by atoms with Crippen molar-refractivity contribution in [1.29, 1.82) is 0 Å². The summed E-state index contributed by atoms with van der Waals surface area (Å²) in [6, 6.07) is 7.86. The van der Waals surface area contributed by atoms with Crippen LogP contribution in [0.5, 0.6) is 0 Å². The van der Waals surface area contributed by atoms with Crippen LogP contribution in [0.2, 0.25) is 0 Å². The minimum atomic E-state index is -0.872. The van der Waals surface area contributed by atoms with Gasteiger partial charge in [0.2, 0.25) is 0 Å². The van der Waals surface area contributed by atoms with Gasteiger partial charge in [-0.25, -0.2) is 0 Å². The van der Waals surface area contributed by atoms with E-state index in [0.717, 1.165) is 16.5 Å². The molecule has 1 aromatic carbocycles. The zero-order valence-corrected chi connectivity index (χ0v) is 9.39. The Bertz CT molecular complexity index is 518. The molecule has 0 unspecified atom stereocenters. The first-order valence-electron chi connectivity index (χ1n) is 5.61. The number of para-hydroxylation sites is 1. The highest BCUT2D eigenvalue weighted by Crippen LogP contribution is 2.19. The molecule has 0 saturated carbocycles. The van der Waals surface area contributed by atoms with E-state index in [9.17, 15) is 9.90 Å². The molecule has 2 rings (SSSR count). The molecule has 2 aromatic rings. The topological polar surface area (TPSA) is 73.3 Å². The Morgan fingerprint density at radius 2 is 2.12 bits per heavy atom. The van der Waals surface area contributed by atoms with Crippen molar-refractivity contribution in [2.24, 2.45) is 0 Å². The second kappa shape index (κ2) is 5.01. The van der Waals surface area contributed by atoms with Crippen molar-refractivity contribution < 1.29 is 15.0 Å². The minimum absolute atomic E-state index is 0.00349. The smallest absolute Gasteiger partial charge is 0.303 e. The third-order valence-electron chi connectivity index (χ3n) is 2.82. The molecule has 17 heavy (non-hydrogen) atoms. The highest BCUT2D eigenvalue weighted by molar-refractivity contribution is 5.83. The summed E-state index contributed by atoms with van der Waals surface area (Å²) >= 11 is 0. The summed E-state index contributed by atoms with van der Waals surface area (Å²) in [6.07, 6.45) is 2.04. The van der Waals surface area contributed by atoms with Gasteiger partial charge in [-0.15, -0.1) is 0 Å². The van der Waals surface area contributed by atoms with E-state index >= 15 is 0 Å². The molecule has 0 aliphatic rings.